The predicted octanol–water partition coefficient (Wildman–Crippen LogP) is 3.07. The van der Waals surface area contributed by atoms with Crippen molar-refractivity contribution in [3.05, 3.63) is 54.1 Å². The van der Waals surface area contributed by atoms with E-state index in [2.05, 4.69) is 15.5 Å². The summed E-state index contributed by atoms with van der Waals surface area (Å²) in [6, 6.07) is 10.3. The summed E-state index contributed by atoms with van der Waals surface area (Å²) >= 11 is 1.07. The molecule has 0 spiro atoms. The zero-order valence-corrected chi connectivity index (χ0v) is 15.7. The van der Waals surface area contributed by atoms with Crippen LogP contribution in [-0.2, 0) is 4.79 Å². The van der Waals surface area contributed by atoms with Crippen molar-refractivity contribution in [2.45, 2.75) is 12.1 Å². The van der Waals surface area contributed by atoms with Gasteiger partial charge in [-0.25, -0.2) is 13.5 Å². The molecule has 0 atom stereocenters. The van der Waals surface area contributed by atoms with Crippen LogP contribution in [0, 0.1) is 11.6 Å². The molecular formula is C18H17F2N5O2S. The molecule has 3 rings (SSSR count). The van der Waals surface area contributed by atoms with Crippen LogP contribution in [0.2, 0.25) is 0 Å². The van der Waals surface area contributed by atoms with Crippen LogP contribution in [-0.4, -0.2) is 33.1 Å². The van der Waals surface area contributed by atoms with Gasteiger partial charge < -0.3 is 15.9 Å². The lowest BCUT2D eigenvalue weighted by Crippen LogP contribution is -2.16. The highest BCUT2D eigenvalue weighted by molar-refractivity contribution is 7.99. The lowest BCUT2D eigenvalue weighted by Gasteiger charge is -2.06. The Bertz CT molecular complexity index is 979. The number of thioether (sulfide) groups is 1. The average molecular weight is 405 g/mol. The van der Waals surface area contributed by atoms with E-state index < -0.39 is 17.5 Å². The number of ether oxygens (including phenoxy) is 1. The van der Waals surface area contributed by atoms with E-state index in [1.54, 1.807) is 12.1 Å². The van der Waals surface area contributed by atoms with Crippen LogP contribution in [0.5, 0.6) is 5.75 Å². The molecule has 0 bridgehead atoms. The number of carbonyl (C=O) groups excluding carboxylic acids is 1. The summed E-state index contributed by atoms with van der Waals surface area (Å²) in [5, 5.41) is 10.8. The molecular weight excluding hydrogens is 388 g/mol. The zero-order chi connectivity index (χ0) is 20.1. The van der Waals surface area contributed by atoms with Crippen LogP contribution in [0.15, 0.2) is 47.6 Å². The number of hydrogen-bond donors (Lipinski definition) is 2. The number of nitrogens with one attached hydrogen (secondary N) is 1. The first-order valence-electron chi connectivity index (χ1n) is 8.29. The highest BCUT2D eigenvalue weighted by Crippen LogP contribution is 2.24. The monoisotopic (exact) mass is 405 g/mol. The van der Waals surface area contributed by atoms with Crippen LogP contribution in [0.1, 0.15) is 6.92 Å². The minimum Gasteiger partial charge on any atom is -0.494 e. The summed E-state index contributed by atoms with van der Waals surface area (Å²) in [6.07, 6.45) is 0. The second-order valence-electron chi connectivity index (χ2n) is 5.60. The number of aromatic nitrogens is 3. The van der Waals surface area contributed by atoms with Crippen molar-refractivity contribution in [3.8, 4) is 17.1 Å². The molecule has 146 valence electrons. The highest BCUT2D eigenvalue weighted by Gasteiger charge is 2.14. The summed E-state index contributed by atoms with van der Waals surface area (Å²) in [5.41, 5.74) is 0.908. The standard InChI is InChI=1S/C18H17F2N5O2S/c1-2-27-13-6-3-11(4-7-13)17-23-24-18(25(17)21)28-10-16(26)22-12-5-8-14(19)15(20)9-12/h3-9H,2,10,21H2,1H3,(H,22,26). The van der Waals surface area contributed by atoms with Crippen LogP contribution >= 0.6 is 11.8 Å². The van der Waals surface area contributed by atoms with Crippen LogP contribution < -0.4 is 15.9 Å². The second kappa shape index (κ2) is 8.70. The summed E-state index contributed by atoms with van der Waals surface area (Å²) < 4.78 is 32.8. The summed E-state index contributed by atoms with van der Waals surface area (Å²) in [5.74, 6) is 4.73. The van der Waals surface area contributed by atoms with Gasteiger partial charge in [-0.3, -0.25) is 4.79 Å². The van der Waals surface area contributed by atoms with Crippen molar-refractivity contribution < 1.29 is 18.3 Å². The summed E-state index contributed by atoms with van der Waals surface area (Å²) in [7, 11) is 0. The maximum atomic E-state index is 13.2. The van der Waals surface area contributed by atoms with Crippen LogP contribution in [0.25, 0.3) is 11.4 Å². The van der Waals surface area contributed by atoms with Crippen molar-refractivity contribution in [1.29, 1.82) is 0 Å². The lowest BCUT2D eigenvalue weighted by molar-refractivity contribution is -0.113. The number of carbonyl (C=O) groups is 1. The quantitative estimate of drug-likeness (QED) is 0.463. The molecule has 2 aromatic carbocycles. The molecule has 7 nitrogen and oxygen atoms in total. The fourth-order valence-corrected chi connectivity index (χ4v) is 3.00. The van der Waals surface area contributed by atoms with E-state index in [9.17, 15) is 13.6 Å². The van der Waals surface area contributed by atoms with Crippen molar-refractivity contribution in [2.24, 2.45) is 0 Å². The largest absolute Gasteiger partial charge is 0.494 e. The Morgan fingerprint density at radius 1 is 1.18 bits per heavy atom. The number of amides is 1. The average Bonchev–Trinajstić information content (AvgIpc) is 3.04. The first-order chi connectivity index (χ1) is 13.5. The van der Waals surface area contributed by atoms with Crippen molar-refractivity contribution in [1.82, 2.24) is 14.9 Å². The van der Waals surface area contributed by atoms with Gasteiger partial charge in [-0.1, -0.05) is 11.8 Å². The molecule has 3 N–H and O–H groups in total. The Hall–Kier alpha value is -3.14. The normalized spacial score (nSPS) is 10.7. The molecule has 10 heteroatoms. The highest BCUT2D eigenvalue weighted by atomic mass is 32.2. The molecule has 0 saturated carbocycles. The Morgan fingerprint density at radius 3 is 2.61 bits per heavy atom. The lowest BCUT2D eigenvalue weighted by atomic mass is 10.2. The fraction of sp³-hybridized carbons (Fsp3) is 0.167. The topological polar surface area (TPSA) is 95.1 Å². The molecule has 0 aliphatic heterocycles. The van der Waals surface area contributed by atoms with Gasteiger partial charge in [-0.15, -0.1) is 10.2 Å². The molecule has 1 amide bonds. The van der Waals surface area contributed by atoms with Gasteiger partial charge in [0.25, 0.3) is 0 Å². The Labute approximate surface area is 163 Å². The molecule has 28 heavy (non-hydrogen) atoms. The third-order valence-electron chi connectivity index (χ3n) is 3.62. The number of nitrogens with zero attached hydrogens (tertiary/aromatic N) is 3. The van der Waals surface area contributed by atoms with Gasteiger partial charge in [0.1, 0.15) is 5.75 Å². The molecule has 0 radical (unpaired) electrons. The molecule has 3 aromatic rings. The Morgan fingerprint density at radius 2 is 1.93 bits per heavy atom. The number of rotatable bonds is 7. The van der Waals surface area contributed by atoms with E-state index >= 15 is 0 Å². The first kappa shape index (κ1) is 19.6. The Balaban J connectivity index is 1.62. The number of halogens is 2. The van der Waals surface area contributed by atoms with Gasteiger partial charge in [-0.05, 0) is 43.3 Å². The SMILES string of the molecule is CCOc1ccc(-c2nnc(SCC(=O)Nc3ccc(F)c(F)c3)n2N)cc1. The summed E-state index contributed by atoms with van der Waals surface area (Å²) in [6.45, 7) is 2.47. The van der Waals surface area contributed by atoms with E-state index in [-0.39, 0.29) is 11.4 Å². The minimum absolute atomic E-state index is 0.0302. The minimum atomic E-state index is -1.04. The van der Waals surface area contributed by atoms with Crippen molar-refractivity contribution in [3.63, 3.8) is 0 Å². The number of anilines is 1. The maximum Gasteiger partial charge on any atom is 0.234 e. The van der Waals surface area contributed by atoms with E-state index in [1.165, 1.54) is 10.7 Å². The van der Waals surface area contributed by atoms with Gasteiger partial charge in [0.05, 0.1) is 12.4 Å². The van der Waals surface area contributed by atoms with Gasteiger partial charge in [-0.2, -0.15) is 0 Å². The van der Waals surface area contributed by atoms with Gasteiger partial charge in [0, 0.05) is 17.3 Å². The van der Waals surface area contributed by atoms with E-state index in [0.29, 0.717) is 17.6 Å². The van der Waals surface area contributed by atoms with Crippen molar-refractivity contribution >= 4 is 23.4 Å². The predicted molar refractivity (Wildman–Crippen MR) is 102 cm³/mol. The molecule has 0 fully saturated rings. The summed E-state index contributed by atoms with van der Waals surface area (Å²) in [4.78, 5) is 12.0. The maximum absolute atomic E-state index is 13.2. The molecule has 0 aliphatic rings. The van der Waals surface area contributed by atoms with E-state index in [4.69, 9.17) is 10.6 Å². The van der Waals surface area contributed by atoms with E-state index in [0.717, 1.165) is 35.2 Å². The molecule has 1 aromatic heterocycles. The van der Waals surface area contributed by atoms with Crippen LogP contribution in [0.4, 0.5) is 14.5 Å². The molecule has 0 unspecified atom stereocenters. The van der Waals surface area contributed by atoms with E-state index in [1.807, 2.05) is 19.1 Å². The third kappa shape index (κ3) is 4.58. The second-order valence-corrected chi connectivity index (χ2v) is 6.54. The van der Waals surface area contributed by atoms with Gasteiger partial charge >= 0.3 is 0 Å². The zero-order valence-electron chi connectivity index (χ0n) is 14.9. The van der Waals surface area contributed by atoms with Crippen molar-refractivity contribution in [2.75, 3.05) is 23.5 Å². The fourth-order valence-electron chi connectivity index (χ4n) is 2.34. The van der Waals surface area contributed by atoms with Crippen LogP contribution in [0.3, 0.4) is 0 Å². The van der Waals surface area contributed by atoms with Gasteiger partial charge in [0.2, 0.25) is 11.1 Å². The first-order valence-corrected chi connectivity index (χ1v) is 9.28. The smallest absolute Gasteiger partial charge is 0.234 e. The number of hydrogen-bond acceptors (Lipinski definition) is 6. The molecule has 1 heterocycles. The number of nitrogen functional groups attached to an aromatic ring is 1. The number of benzene rings is 2. The number of nitrogens with two attached hydrogens (primary N) is 1. The van der Waals surface area contributed by atoms with Gasteiger partial charge in [0.15, 0.2) is 17.5 Å². The molecule has 0 aliphatic carbocycles. The third-order valence-corrected chi connectivity index (χ3v) is 4.57. The molecule has 0 saturated heterocycles. The Kier molecular flexibility index (Phi) is 6.09.